The number of nitrogens with zero attached hydrogens (tertiary/aromatic N) is 2. The second kappa shape index (κ2) is 9.02. The molecule has 2 N–H and O–H groups in total. The zero-order chi connectivity index (χ0) is 21.7. The summed E-state index contributed by atoms with van der Waals surface area (Å²) >= 11 is 0. The number of rotatable bonds is 7. The number of halogens is 3. The van der Waals surface area contributed by atoms with E-state index in [1.807, 2.05) is 0 Å². The first kappa shape index (κ1) is 21.4. The van der Waals surface area contributed by atoms with Crippen molar-refractivity contribution in [2.24, 2.45) is 5.73 Å². The van der Waals surface area contributed by atoms with Gasteiger partial charge in [0.25, 0.3) is 11.8 Å². The highest BCUT2D eigenvalue weighted by Gasteiger charge is 2.31. The van der Waals surface area contributed by atoms with Crippen LogP contribution in [0.5, 0.6) is 11.5 Å². The Morgan fingerprint density at radius 2 is 1.90 bits per heavy atom. The molecule has 7 nitrogen and oxygen atoms in total. The minimum atomic E-state index is -4.43. The predicted octanol–water partition coefficient (Wildman–Crippen LogP) is 2.81. The van der Waals surface area contributed by atoms with E-state index >= 15 is 0 Å². The highest BCUT2D eigenvalue weighted by atomic mass is 19.4. The first-order chi connectivity index (χ1) is 14.2. The molecule has 1 fully saturated rings. The van der Waals surface area contributed by atoms with Crippen LogP contribution in [0.2, 0.25) is 0 Å². The lowest BCUT2D eigenvalue weighted by atomic mass is 10.1. The highest BCUT2D eigenvalue weighted by molar-refractivity contribution is 5.95. The van der Waals surface area contributed by atoms with E-state index in [1.54, 1.807) is 17.0 Å². The zero-order valence-corrected chi connectivity index (χ0v) is 15.9. The van der Waals surface area contributed by atoms with Crippen molar-refractivity contribution in [3.05, 3.63) is 53.9 Å². The number of hydrogen-bond acceptors (Lipinski definition) is 5. The van der Waals surface area contributed by atoms with E-state index < -0.39 is 18.7 Å². The molecular formula is C20H20F3N3O4. The van der Waals surface area contributed by atoms with Crippen LogP contribution in [0.3, 0.4) is 0 Å². The van der Waals surface area contributed by atoms with Gasteiger partial charge in [0, 0.05) is 18.3 Å². The molecule has 0 radical (unpaired) electrons. The van der Waals surface area contributed by atoms with Gasteiger partial charge in [-0.15, -0.1) is 0 Å². The Morgan fingerprint density at radius 3 is 2.57 bits per heavy atom. The third-order valence-corrected chi connectivity index (χ3v) is 4.58. The van der Waals surface area contributed by atoms with Crippen LogP contribution >= 0.6 is 0 Å². The van der Waals surface area contributed by atoms with Crippen LogP contribution in [0.1, 0.15) is 33.7 Å². The van der Waals surface area contributed by atoms with Crippen molar-refractivity contribution in [2.45, 2.75) is 25.1 Å². The number of pyridine rings is 1. The van der Waals surface area contributed by atoms with Crippen molar-refractivity contribution in [1.29, 1.82) is 0 Å². The number of carbonyl (C=O) groups is 2. The van der Waals surface area contributed by atoms with Gasteiger partial charge in [0.05, 0.1) is 6.04 Å². The second-order valence-corrected chi connectivity index (χ2v) is 6.75. The van der Waals surface area contributed by atoms with Crippen LogP contribution in [-0.4, -0.2) is 53.7 Å². The van der Waals surface area contributed by atoms with Crippen molar-refractivity contribution in [3.8, 4) is 11.5 Å². The number of alkyl halides is 3. The Bertz CT molecular complexity index is 903. The first-order valence-corrected chi connectivity index (χ1v) is 9.23. The van der Waals surface area contributed by atoms with Crippen molar-refractivity contribution < 1.29 is 32.2 Å². The van der Waals surface area contributed by atoms with Gasteiger partial charge in [0.2, 0.25) is 0 Å². The smallest absolute Gasteiger partial charge is 0.422 e. The van der Waals surface area contributed by atoms with Crippen LogP contribution in [-0.2, 0) is 0 Å². The minimum absolute atomic E-state index is 0.0165. The summed E-state index contributed by atoms with van der Waals surface area (Å²) in [5, 5.41) is 0. The molecule has 0 spiro atoms. The Morgan fingerprint density at radius 1 is 1.17 bits per heavy atom. The van der Waals surface area contributed by atoms with E-state index in [9.17, 15) is 22.8 Å². The van der Waals surface area contributed by atoms with Crippen molar-refractivity contribution in [3.63, 3.8) is 0 Å². The molecular weight excluding hydrogens is 403 g/mol. The molecule has 2 heterocycles. The summed E-state index contributed by atoms with van der Waals surface area (Å²) in [6, 6.07) is 8.48. The number of carbonyl (C=O) groups excluding carboxylic acids is 2. The third-order valence-electron chi connectivity index (χ3n) is 4.58. The molecule has 0 aliphatic carbocycles. The van der Waals surface area contributed by atoms with Crippen molar-refractivity contribution >= 4 is 11.8 Å². The molecule has 160 valence electrons. The summed E-state index contributed by atoms with van der Waals surface area (Å²) in [6.07, 6.45) is -1.51. The summed E-state index contributed by atoms with van der Waals surface area (Å²) < 4.78 is 47.1. The van der Waals surface area contributed by atoms with Gasteiger partial charge in [-0.05, 0) is 49.2 Å². The fraction of sp³-hybridized carbons (Fsp3) is 0.350. The molecule has 1 saturated heterocycles. The summed E-state index contributed by atoms with van der Waals surface area (Å²) in [5.74, 6) is -0.696. The van der Waals surface area contributed by atoms with E-state index in [0.29, 0.717) is 18.5 Å². The molecule has 2 amide bonds. The minimum Gasteiger partial charge on any atom is -0.489 e. The number of benzene rings is 1. The van der Waals surface area contributed by atoms with E-state index in [2.05, 4.69) is 9.72 Å². The van der Waals surface area contributed by atoms with Gasteiger partial charge in [-0.25, -0.2) is 4.98 Å². The number of hydrogen-bond donors (Lipinski definition) is 1. The van der Waals surface area contributed by atoms with Gasteiger partial charge >= 0.3 is 6.18 Å². The molecule has 1 aliphatic rings. The van der Waals surface area contributed by atoms with Gasteiger partial charge < -0.3 is 20.1 Å². The van der Waals surface area contributed by atoms with Crippen LogP contribution < -0.4 is 15.2 Å². The Balaban J connectivity index is 1.62. The average Bonchev–Trinajstić information content (AvgIpc) is 3.19. The second-order valence-electron chi connectivity index (χ2n) is 6.75. The van der Waals surface area contributed by atoms with Gasteiger partial charge in [-0.3, -0.25) is 9.59 Å². The van der Waals surface area contributed by atoms with Gasteiger partial charge in [-0.1, -0.05) is 0 Å². The SMILES string of the molecule is NC(=O)c1ncccc1OC[C@H]1CCCN1C(=O)c1ccc(OCC(F)(F)F)cc1. The van der Waals surface area contributed by atoms with E-state index in [-0.39, 0.29) is 35.7 Å². The summed E-state index contributed by atoms with van der Waals surface area (Å²) in [6.45, 7) is -0.715. The maximum atomic E-state index is 12.8. The third kappa shape index (κ3) is 5.40. The maximum Gasteiger partial charge on any atom is 0.422 e. The molecule has 1 aliphatic heterocycles. The predicted molar refractivity (Wildman–Crippen MR) is 100 cm³/mol. The molecule has 30 heavy (non-hydrogen) atoms. The van der Waals surface area contributed by atoms with Gasteiger partial charge in [0.15, 0.2) is 18.1 Å². The fourth-order valence-corrected chi connectivity index (χ4v) is 3.18. The molecule has 0 bridgehead atoms. The zero-order valence-electron chi connectivity index (χ0n) is 15.9. The Labute approximate surface area is 170 Å². The maximum absolute atomic E-state index is 12.8. The lowest BCUT2D eigenvalue weighted by Gasteiger charge is -2.25. The van der Waals surface area contributed by atoms with E-state index in [1.165, 1.54) is 30.5 Å². The molecule has 10 heteroatoms. The average molecular weight is 423 g/mol. The largest absolute Gasteiger partial charge is 0.489 e. The number of aromatic nitrogens is 1. The Hall–Kier alpha value is -3.30. The van der Waals surface area contributed by atoms with Crippen LogP contribution in [0.15, 0.2) is 42.6 Å². The number of ether oxygens (including phenoxy) is 2. The molecule has 3 rings (SSSR count). The number of nitrogens with two attached hydrogens (primary N) is 1. The molecule has 1 aromatic heterocycles. The Kier molecular flexibility index (Phi) is 6.43. The monoisotopic (exact) mass is 423 g/mol. The van der Waals surface area contributed by atoms with Crippen molar-refractivity contribution in [1.82, 2.24) is 9.88 Å². The van der Waals surface area contributed by atoms with E-state index in [0.717, 1.165) is 6.42 Å². The standard InChI is InChI=1S/C20H20F3N3O4/c21-20(22,23)12-30-15-7-5-13(6-8-15)19(28)26-10-2-3-14(26)11-29-16-4-1-9-25-17(16)18(24)27/h1,4-9,14H,2-3,10-12H2,(H2,24,27)/t14-/m1/s1. The molecule has 1 atom stereocenters. The normalized spacial score (nSPS) is 16.4. The van der Waals surface area contributed by atoms with Crippen molar-refractivity contribution in [2.75, 3.05) is 19.8 Å². The number of likely N-dealkylation sites (tertiary alicyclic amines) is 1. The molecule has 0 saturated carbocycles. The van der Waals surface area contributed by atoms with Gasteiger partial charge in [0.1, 0.15) is 12.4 Å². The molecule has 2 aromatic rings. The molecule has 1 aromatic carbocycles. The van der Waals surface area contributed by atoms with Crippen LogP contribution in [0, 0.1) is 0 Å². The number of primary amides is 1. The molecule has 0 unspecified atom stereocenters. The van der Waals surface area contributed by atoms with Crippen LogP contribution in [0.25, 0.3) is 0 Å². The fourth-order valence-electron chi connectivity index (χ4n) is 3.18. The van der Waals surface area contributed by atoms with Crippen LogP contribution in [0.4, 0.5) is 13.2 Å². The van der Waals surface area contributed by atoms with E-state index in [4.69, 9.17) is 10.5 Å². The highest BCUT2D eigenvalue weighted by Crippen LogP contribution is 2.24. The lowest BCUT2D eigenvalue weighted by Crippen LogP contribution is -2.39. The summed E-state index contributed by atoms with van der Waals surface area (Å²) in [7, 11) is 0. The summed E-state index contributed by atoms with van der Waals surface area (Å²) in [4.78, 5) is 29.8. The van der Waals surface area contributed by atoms with Gasteiger partial charge in [-0.2, -0.15) is 13.2 Å². The quantitative estimate of drug-likeness (QED) is 0.739. The number of amides is 2. The topological polar surface area (TPSA) is 94.8 Å². The first-order valence-electron chi connectivity index (χ1n) is 9.23. The lowest BCUT2D eigenvalue weighted by molar-refractivity contribution is -0.153. The summed E-state index contributed by atoms with van der Waals surface area (Å²) in [5.41, 5.74) is 5.64.